The highest BCUT2D eigenvalue weighted by atomic mass is 16.5. The van der Waals surface area contributed by atoms with Gasteiger partial charge in [-0.25, -0.2) is 0 Å². The van der Waals surface area contributed by atoms with Crippen molar-refractivity contribution in [2.45, 2.75) is 45.8 Å². The first-order chi connectivity index (χ1) is 4.60. The molecule has 0 heterocycles. The second-order valence-corrected chi connectivity index (χ2v) is 2.83. The average Bonchev–Trinajstić information content (AvgIpc) is 2.15. The fourth-order valence-corrected chi connectivity index (χ4v) is 1.24. The second kappa shape index (κ2) is 3.94. The Kier molecular flexibility index (Phi) is 3.91. The van der Waals surface area contributed by atoms with Gasteiger partial charge in [0.1, 0.15) is 0 Å². The molecule has 1 rings (SSSR count). The highest BCUT2D eigenvalue weighted by molar-refractivity contribution is 4.76. The maximum Gasteiger partial charge on any atom is 0.162 e. The van der Waals surface area contributed by atoms with E-state index in [0.29, 0.717) is 18.8 Å². The minimum atomic E-state index is -1.33. The number of hydrogen-bond acceptors (Lipinski definition) is 2. The number of rotatable bonds is 0. The summed E-state index contributed by atoms with van der Waals surface area (Å²) in [6.45, 7) is 6.04. The summed E-state index contributed by atoms with van der Waals surface area (Å²) in [5.41, 5.74) is 0. The van der Waals surface area contributed by atoms with Crippen molar-refractivity contribution in [2.24, 2.45) is 5.92 Å². The summed E-state index contributed by atoms with van der Waals surface area (Å²) in [4.78, 5) is 0. The van der Waals surface area contributed by atoms with Crippen molar-refractivity contribution >= 4 is 0 Å². The smallest absolute Gasteiger partial charge is 0.162 e. The molecule has 1 aliphatic carbocycles. The van der Waals surface area contributed by atoms with Crippen LogP contribution in [0.2, 0.25) is 0 Å². The third-order valence-corrected chi connectivity index (χ3v) is 1.71. The molecule has 0 radical (unpaired) electrons. The van der Waals surface area contributed by atoms with Crippen LogP contribution in [-0.4, -0.2) is 16.0 Å². The van der Waals surface area contributed by atoms with Gasteiger partial charge in [0.15, 0.2) is 5.79 Å². The van der Waals surface area contributed by atoms with E-state index in [9.17, 15) is 0 Å². The molecule has 0 saturated heterocycles. The first-order valence-corrected chi connectivity index (χ1v) is 4.05. The summed E-state index contributed by atoms with van der Waals surface area (Å²) in [6.07, 6.45) is 2.05. The lowest BCUT2D eigenvalue weighted by Gasteiger charge is -2.12. The van der Waals surface area contributed by atoms with Crippen molar-refractivity contribution in [1.29, 1.82) is 0 Å². The van der Waals surface area contributed by atoms with Crippen LogP contribution >= 0.6 is 0 Å². The van der Waals surface area contributed by atoms with Crippen LogP contribution in [0.3, 0.4) is 0 Å². The highest BCUT2D eigenvalue weighted by Gasteiger charge is 2.32. The van der Waals surface area contributed by atoms with Gasteiger partial charge in [-0.1, -0.05) is 20.8 Å². The second-order valence-electron chi connectivity index (χ2n) is 2.83. The maximum absolute atomic E-state index is 8.92. The van der Waals surface area contributed by atoms with Gasteiger partial charge in [-0.15, -0.1) is 0 Å². The highest BCUT2D eigenvalue weighted by Crippen LogP contribution is 2.31. The van der Waals surface area contributed by atoms with E-state index in [1.54, 1.807) is 0 Å². The van der Waals surface area contributed by atoms with E-state index >= 15 is 0 Å². The van der Waals surface area contributed by atoms with E-state index < -0.39 is 5.79 Å². The molecule has 0 aromatic rings. The Hall–Kier alpha value is -0.0800. The largest absolute Gasteiger partial charge is 0.366 e. The summed E-state index contributed by atoms with van der Waals surface area (Å²) < 4.78 is 0. The van der Waals surface area contributed by atoms with Gasteiger partial charge in [-0.2, -0.15) is 0 Å². The molecule has 0 aromatic heterocycles. The molecule has 1 unspecified atom stereocenters. The van der Waals surface area contributed by atoms with Crippen LogP contribution in [0, 0.1) is 5.92 Å². The van der Waals surface area contributed by atoms with Gasteiger partial charge in [0, 0.05) is 12.8 Å². The third kappa shape index (κ3) is 3.18. The van der Waals surface area contributed by atoms with Crippen LogP contribution in [-0.2, 0) is 0 Å². The van der Waals surface area contributed by atoms with Gasteiger partial charge in [0.25, 0.3) is 0 Å². The Morgan fingerprint density at radius 2 is 1.80 bits per heavy atom. The SMILES string of the molecule is CC.CC1CCC(O)(O)C1. The van der Waals surface area contributed by atoms with Gasteiger partial charge in [-0.05, 0) is 12.3 Å². The molecule has 10 heavy (non-hydrogen) atoms. The standard InChI is InChI=1S/C6H12O2.C2H6/c1-5-2-3-6(7,8)4-5;1-2/h5,7-8H,2-4H2,1H3;1-2H3. The summed E-state index contributed by atoms with van der Waals surface area (Å²) in [5, 5.41) is 17.8. The Balaban J connectivity index is 0.000000371. The van der Waals surface area contributed by atoms with Gasteiger partial charge in [0.2, 0.25) is 0 Å². The molecule has 0 aromatic carbocycles. The molecule has 62 valence electrons. The van der Waals surface area contributed by atoms with Crippen LogP contribution in [0.15, 0.2) is 0 Å². The molecule has 2 N–H and O–H groups in total. The third-order valence-electron chi connectivity index (χ3n) is 1.71. The predicted octanol–water partition coefficient (Wildman–Crippen LogP) is 1.51. The van der Waals surface area contributed by atoms with Crippen molar-refractivity contribution in [2.75, 3.05) is 0 Å². The average molecular weight is 146 g/mol. The normalized spacial score (nSPS) is 29.1. The molecule has 2 heteroatoms. The fourth-order valence-electron chi connectivity index (χ4n) is 1.24. The van der Waals surface area contributed by atoms with Crippen LogP contribution in [0.5, 0.6) is 0 Å². The van der Waals surface area contributed by atoms with E-state index in [-0.39, 0.29) is 0 Å². The molecule has 0 aliphatic heterocycles. The van der Waals surface area contributed by atoms with Crippen LogP contribution in [0.25, 0.3) is 0 Å². The van der Waals surface area contributed by atoms with E-state index in [1.165, 1.54) is 0 Å². The maximum atomic E-state index is 8.92. The number of aliphatic hydroxyl groups is 2. The summed E-state index contributed by atoms with van der Waals surface area (Å²) in [6, 6.07) is 0. The van der Waals surface area contributed by atoms with E-state index in [2.05, 4.69) is 0 Å². The van der Waals surface area contributed by atoms with Crippen molar-refractivity contribution in [3.8, 4) is 0 Å². The lowest BCUT2D eigenvalue weighted by atomic mass is 10.1. The molecule has 0 bridgehead atoms. The monoisotopic (exact) mass is 146 g/mol. The lowest BCUT2D eigenvalue weighted by molar-refractivity contribution is -0.155. The van der Waals surface area contributed by atoms with Gasteiger partial charge in [0.05, 0.1) is 0 Å². The zero-order chi connectivity index (χ0) is 8.20. The minimum Gasteiger partial charge on any atom is -0.366 e. The van der Waals surface area contributed by atoms with Gasteiger partial charge in [-0.3, -0.25) is 0 Å². The van der Waals surface area contributed by atoms with Gasteiger partial charge >= 0.3 is 0 Å². The molecule has 2 nitrogen and oxygen atoms in total. The first kappa shape index (κ1) is 9.92. The molecule has 1 aliphatic rings. The fraction of sp³-hybridized carbons (Fsp3) is 1.00. The van der Waals surface area contributed by atoms with E-state index in [0.717, 1.165) is 6.42 Å². The van der Waals surface area contributed by atoms with E-state index in [4.69, 9.17) is 10.2 Å². The van der Waals surface area contributed by atoms with Crippen molar-refractivity contribution in [3.05, 3.63) is 0 Å². The molecule has 0 spiro atoms. The summed E-state index contributed by atoms with van der Waals surface area (Å²) in [7, 11) is 0. The first-order valence-electron chi connectivity index (χ1n) is 4.05. The molecule has 0 amide bonds. The number of hydrogen-bond donors (Lipinski definition) is 2. The van der Waals surface area contributed by atoms with E-state index in [1.807, 2.05) is 20.8 Å². The summed E-state index contributed by atoms with van der Waals surface area (Å²) in [5.74, 6) is -0.843. The van der Waals surface area contributed by atoms with Crippen LogP contribution < -0.4 is 0 Å². The Labute approximate surface area is 62.9 Å². The minimum absolute atomic E-state index is 0.491. The van der Waals surface area contributed by atoms with Crippen molar-refractivity contribution in [1.82, 2.24) is 0 Å². The zero-order valence-corrected chi connectivity index (χ0v) is 7.09. The molecule has 1 fully saturated rings. The quantitative estimate of drug-likeness (QED) is 0.509. The lowest BCUT2D eigenvalue weighted by Crippen LogP contribution is -2.22. The molecule has 1 atom stereocenters. The zero-order valence-electron chi connectivity index (χ0n) is 7.09. The topological polar surface area (TPSA) is 40.5 Å². The summed E-state index contributed by atoms with van der Waals surface area (Å²) >= 11 is 0. The van der Waals surface area contributed by atoms with Gasteiger partial charge < -0.3 is 10.2 Å². The molecular weight excluding hydrogens is 128 g/mol. The molecule has 1 saturated carbocycles. The Bertz CT molecular complexity index is 89.3. The van der Waals surface area contributed by atoms with Crippen LogP contribution in [0.1, 0.15) is 40.0 Å². The molecular formula is C8H18O2. The van der Waals surface area contributed by atoms with Crippen molar-refractivity contribution in [3.63, 3.8) is 0 Å². The predicted molar refractivity (Wildman–Crippen MR) is 41.5 cm³/mol. The Morgan fingerprint density at radius 3 is 1.90 bits per heavy atom. The van der Waals surface area contributed by atoms with Crippen molar-refractivity contribution < 1.29 is 10.2 Å². The Morgan fingerprint density at radius 1 is 1.30 bits per heavy atom. The van der Waals surface area contributed by atoms with Crippen LogP contribution in [0.4, 0.5) is 0 Å².